The average Bonchev–Trinajstić information content (AvgIpc) is 2.56. The zero-order valence-corrected chi connectivity index (χ0v) is 13.3. The van der Waals surface area contributed by atoms with Crippen LogP contribution in [0.5, 0.6) is 0 Å². The topological polar surface area (TPSA) is 40.5 Å². The normalized spacial score (nSPS) is 12.4. The third-order valence-electron chi connectivity index (χ3n) is 3.65. The van der Waals surface area contributed by atoms with Gasteiger partial charge in [-0.15, -0.1) is 0 Å². The number of hydrogen-bond donors (Lipinski definition) is 1. The molecule has 0 saturated carbocycles. The predicted molar refractivity (Wildman–Crippen MR) is 89.3 cm³/mol. The molecule has 0 aliphatic heterocycles. The number of hydrogen-bond acceptors (Lipinski definition) is 3. The number of aliphatic hydroxyl groups is 1. The molecule has 2 rings (SSSR count). The number of halogens is 1. The van der Waals surface area contributed by atoms with Crippen LogP contribution >= 0.6 is 11.6 Å². The summed E-state index contributed by atoms with van der Waals surface area (Å²) in [6, 6.07) is 16.2. The second-order valence-corrected chi connectivity index (χ2v) is 5.47. The summed E-state index contributed by atoms with van der Waals surface area (Å²) in [6.45, 7) is 3.14. The highest BCUT2D eigenvalue weighted by Gasteiger charge is 2.27. The number of rotatable bonds is 7. The van der Waals surface area contributed by atoms with Crippen molar-refractivity contribution in [1.82, 2.24) is 4.90 Å². The van der Waals surface area contributed by atoms with Gasteiger partial charge in [0, 0.05) is 17.1 Å². The van der Waals surface area contributed by atoms with Crippen molar-refractivity contribution in [2.75, 3.05) is 19.7 Å². The highest BCUT2D eigenvalue weighted by molar-refractivity contribution is 6.30. The van der Waals surface area contributed by atoms with Crippen LogP contribution in [0.25, 0.3) is 0 Å². The van der Waals surface area contributed by atoms with Crippen molar-refractivity contribution in [2.45, 2.75) is 13.0 Å². The number of likely N-dealkylation sites (N-methyl/N-ethyl adjacent to an activating group) is 1. The van der Waals surface area contributed by atoms with Crippen LogP contribution in [0.2, 0.25) is 5.02 Å². The third-order valence-corrected chi connectivity index (χ3v) is 3.90. The standard InChI is InChI=1S/C18H20ClNO2/c1-2-20(12-13-21)17(14-6-4-3-5-7-14)18(22)15-8-10-16(19)11-9-15/h3-11,17,21H,2,12-13H2,1H3/t17-/m0/s1. The van der Waals surface area contributed by atoms with Gasteiger partial charge >= 0.3 is 0 Å². The van der Waals surface area contributed by atoms with E-state index in [0.29, 0.717) is 23.7 Å². The number of carbonyl (C=O) groups is 1. The van der Waals surface area contributed by atoms with Crippen molar-refractivity contribution >= 4 is 17.4 Å². The summed E-state index contributed by atoms with van der Waals surface area (Å²) in [7, 11) is 0. The van der Waals surface area contributed by atoms with Gasteiger partial charge in [0.1, 0.15) is 0 Å². The highest BCUT2D eigenvalue weighted by atomic mass is 35.5. The Kier molecular flexibility index (Phi) is 6.13. The predicted octanol–water partition coefficient (Wildman–Crippen LogP) is 3.58. The fourth-order valence-corrected chi connectivity index (χ4v) is 2.66. The van der Waals surface area contributed by atoms with Gasteiger partial charge in [0.2, 0.25) is 0 Å². The SMILES string of the molecule is CCN(CCO)[C@H](C(=O)c1ccc(Cl)cc1)c1ccccc1. The Labute approximate surface area is 136 Å². The quantitative estimate of drug-likeness (QED) is 0.794. The van der Waals surface area contributed by atoms with Crippen LogP contribution < -0.4 is 0 Å². The first-order valence-corrected chi connectivity index (χ1v) is 7.74. The van der Waals surface area contributed by atoms with Crippen molar-refractivity contribution in [3.63, 3.8) is 0 Å². The van der Waals surface area contributed by atoms with E-state index in [1.165, 1.54) is 0 Å². The van der Waals surface area contributed by atoms with Crippen LogP contribution in [0.15, 0.2) is 54.6 Å². The van der Waals surface area contributed by atoms with E-state index in [9.17, 15) is 9.90 Å². The molecule has 116 valence electrons. The summed E-state index contributed by atoms with van der Waals surface area (Å²) in [6.07, 6.45) is 0. The lowest BCUT2D eigenvalue weighted by Crippen LogP contribution is -2.36. The van der Waals surface area contributed by atoms with Gasteiger partial charge < -0.3 is 5.11 Å². The molecule has 22 heavy (non-hydrogen) atoms. The summed E-state index contributed by atoms with van der Waals surface area (Å²) in [4.78, 5) is 14.9. The third kappa shape index (κ3) is 3.95. The number of carbonyl (C=O) groups excluding carboxylic acids is 1. The average molecular weight is 318 g/mol. The lowest BCUT2D eigenvalue weighted by Gasteiger charge is -2.29. The van der Waals surface area contributed by atoms with Crippen molar-refractivity contribution in [1.29, 1.82) is 0 Å². The number of ketones is 1. The number of aliphatic hydroxyl groups excluding tert-OH is 1. The molecule has 2 aromatic carbocycles. The van der Waals surface area contributed by atoms with E-state index in [2.05, 4.69) is 0 Å². The maximum atomic E-state index is 13.0. The first kappa shape index (κ1) is 16.7. The van der Waals surface area contributed by atoms with Crippen molar-refractivity contribution in [3.05, 3.63) is 70.7 Å². The van der Waals surface area contributed by atoms with E-state index in [4.69, 9.17) is 11.6 Å². The largest absolute Gasteiger partial charge is 0.395 e. The minimum atomic E-state index is -0.403. The Hall–Kier alpha value is -1.68. The Morgan fingerprint density at radius 1 is 1.14 bits per heavy atom. The maximum Gasteiger partial charge on any atom is 0.184 e. The summed E-state index contributed by atoms with van der Waals surface area (Å²) in [5.74, 6) is 0.0122. The molecule has 0 unspecified atom stereocenters. The molecule has 0 aliphatic rings. The fraction of sp³-hybridized carbons (Fsp3) is 0.278. The lowest BCUT2D eigenvalue weighted by atomic mass is 9.96. The van der Waals surface area contributed by atoms with Gasteiger partial charge in [-0.2, -0.15) is 0 Å². The number of Topliss-reactive ketones (excluding diaryl/α,β-unsaturated/α-hetero) is 1. The maximum absolute atomic E-state index is 13.0. The van der Waals surface area contributed by atoms with Crippen molar-refractivity contribution in [3.8, 4) is 0 Å². The highest BCUT2D eigenvalue weighted by Crippen LogP contribution is 2.25. The zero-order chi connectivity index (χ0) is 15.9. The van der Waals surface area contributed by atoms with Crippen LogP contribution in [-0.4, -0.2) is 35.5 Å². The van der Waals surface area contributed by atoms with E-state index in [0.717, 1.165) is 5.56 Å². The Balaban J connectivity index is 2.39. The summed E-state index contributed by atoms with van der Waals surface area (Å²) >= 11 is 5.90. The minimum absolute atomic E-state index is 0.0122. The van der Waals surface area contributed by atoms with Gasteiger partial charge in [-0.05, 0) is 36.4 Å². The van der Waals surface area contributed by atoms with Gasteiger partial charge in [0.25, 0.3) is 0 Å². The second-order valence-electron chi connectivity index (χ2n) is 5.04. The second kappa shape index (κ2) is 8.08. The lowest BCUT2D eigenvalue weighted by molar-refractivity contribution is 0.0793. The molecule has 0 saturated heterocycles. The molecule has 0 radical (unpaired) electrons. The van der Waals surface area contributed by atoms with Crippen molar-refractivity contribution < 1.29 is 9.90 Å². The summed E-state index contributed by atoms with van der Waals surface area (Å²) in [5, 5.41) is 9.89. The molecule has 0 aromatic heterocycles. The first-order chi connectivity index (χ1) is 10.7. The first-order valence-electron chi connectivity index (χ1n) is 7.37. The molecular weight excluding hydrogens is 298 g/mol. The molecule has 0 spiro atoms. The molecule has 1 N–H and O–H groups in total. The number of nitrogens with zero attached hydrogens (tertiary/aromatic N) is 1. The van der Waals surface area contributed by atoms with E-state index in [1.807, 2.05) is 42.2 Å². The molecule has 0 fully saturated rings. The van der Waals surface area contributed by atoms with Gasteiger partial charge in [-0.25, -0.2) is 0 Å². The summed E-state index contributed by atoms with van der Waals surface area (Å²) < 4.78 is 0. The molecule has 3 nitrogen and oxygen atoms in total. The number of benzene rings is 2. The molecule has 0 heterocycles. The zero-order valence-electron chi connectivity index (χ0n) is 12.6. The van der Waals surface area contributed by atoms with Gasteiger partial charge in [0.15, 0.2) is 5.78 Å². The fourth-order valence-electron chi connectivity index (χ4n) is 2.53. The van der Waals surface area contributed by atoms with E-state index < -0.39 is 6.04 Å². The molecule has 4 heteroatoms. The smallest absolute Gasteiger partial charge is 0.184 e. The monoisotopic (exact) mass is 317 g/mol. The van der Waals surface area contributed by atoms with E-state index >= 15 is 0 Å². The summed E-state index contributed by atoms with van der Waals surface area (Å²) in [5.41, 5.74) is 1.55. The van der Waals surface area contributed by atoms with Crippen LogP contribution in [0, 0.1) is 0 Å². The van der Waals surface area contributed by atoms with E-state index in [1.54, 1.807) is 24.3 Å². The minimum Gasteiger partial charge on any atom is -0.395 e. The molecule has 0 bridgehead atoms. The molecule has 0 aliphatic carbocycles. The van der Waals surface area contributed by atoms with E-state index in [-0.39, 0.29) is 12.4 Å². The molecular formula is C18H20ClNO2. The van der Waals surface area contributed by atoms with Crippen LogP contribution in [0.1, 0.15) is 28.9 Å². The van der Waals surface area contributed by atoms with Gasteiger partial charge in [-0.3, -0.25) is 9.69 Å². The Morgan fingerprint density at radius 2 is 1.77 bits per heavy atom. The molecule has 0 amide bonds. The van der Waals surface area contributed by atoms with Gasteiger partial charge in [-0.1, -0.05) is 48.9 Å². The van der Waals surface area contributed by atoms with Crippen LogP contribution in [-0.2, 0) is 0 Å². The van der Waals surface area contributed by atoms with Crippen LogP contribution in [0.3, 0.4) is 0 Å². The Bertz CT molecular complexity index is 598. The molecule has 1 atom stereocenters. The van der Waals surface area contributed by atoms with Gasteiger partial charge in [0.05, 0.1) is 12.6 Å². The molecule has 2 aromatic rings. The van der Waals surface area contributed by atoms with Crippen molar-refractivity contribution in [2.24, 2.45) is 0 Å². The van der Waals surface area contributed by atoms with Crippen LogP contribution in [0.4, 0.5) is 0 Å². The Morgan fingerprint density at radius 3 is 2.32 bits per heavy atom.